The molecule has 1 saturated carbocycles. The predicted molar refractivity (Wildman–Crippen MR) is 130 cm³/mol. The Morgan fingerprint density at radius 3 is 2.48 bits per heavy atom. The fraction of sp³-hybridized carbons (Fsp3) is 0.320. The summed E-state index contributed by atoms with van der Waals surface area (Å²) in [5, 5.41) is 18.4. The molecule has 3 rings (SSSR count). The lowest BCUT2D eigenvalue weighted by atomic mass is 10.1. The highest BCUT2D eigenvalue weighted by Gasteiger charge is 2.61. The van der Waals surface area contributed by atoms with Crippen LogP contribution in [0.4, 0.5) is 0 Å². The summed E-state index contributed by atoms with van der Waals surface area (Å²) in [5.74, 6) is -0.474. The van der Waals surface area contributed by atoms with Crippen LogP contribution in [0.25, 0.3) is 0 Å². The van der Waals surface area contributed by atoms with Crippen LogP contribution < -0.4 is 4.74 Å². The van der Waals surface area contributed by atoms with Crippen LogP contribution in [0.3, 0.4) is 0 Å². The zero-order valence-corrected chi connectivity index (χ0v) is 21.3. The van der Waals surface area contributed by atoms with Crippen LogP contribution in [0, 0.1) is 28.6 Å². The number of nitrogens with zero attached hydrogens (tertiary/aromatic N) is 1. The first-order chi connectivity index (χ1) is 15.6. The van der Waals surface area contributed by atoms with E-state index in [2.05, 4.69) is 37.9 Å². The molecule has 1 aliphatic rings. The van der Waals surface area contributed by atoms with Gasteiger partial charge < -0.3 is 14.6 Å². The van der Waals surface area contributed by atoms with E-state index in [4.69, 9.17) is 14.6 Å². The highest BCUT2D eigenvalue weighted by molar-refractivity contribution is 9.28. The maximum atomic E-state index is 12.8. The van der Waals surface area contributed by atoms with Gasteiger partial charge in [-0.3, -0.25) is 9.59 Å². The molecule has 2 aromatic carbocycles. The van der Waals surface area contributed by atoms with E-state index in [-0.39, 0.29) is 23.7 Å². The Balaban J connectivity index is 1.66. The lowest BCUT2D eigenvalue weighted by Gasteiger charge is -2.14. The quantitative estimate of drug-likeness (QED) is 0.342. The first-order valence-electron chi connectivity index (χ1n) is 10.3. The van der Waals surface area contributed by atoms with E-state index in [9.17, 15) is 14.9 Å². The standard InChI is InChI=1S/C25H23Br2NO5/c1-25(2)19(13-21(26)27)23(25)24(31)33-20(14-28)16-4-3-5-18(12-16)32-17-9-6-15(7-10-17)8-11-22(29)30/h3-7,9-10,12-13,19-20,23H,8,11H2,1-2H3,(H,29,30)/t19-,20+,23-/m0/s1. The number of carbonyl (C=O) groups is 2. The first kappa shape index (κ1) is 25.0. The highest BCUT2D eigenvalue weighted by Crippen LogP contribution is 2.60. The van der Waals surface area contributed by atoms with Crippen LogP contribution in [-0.2, 0) is 20.7 Å². The smallest absolute Gasteiger partial charge is 0.311 e. The van der Waals surface area contributed by atoms with Crippen LogP contribution in [0.2, 0.25) is 0 Å². The molecule has 0 unspecified atom stereocenters. The van der Waals surface area contributed by atoms with Crippen molar-refractivity contribution in [1.29, 1.82) is 5.26 Å². The zero-order chi connectivity index (χ0) is 24.2. The molecule has 33 heavy (non-hydrogen) atoms. The number of aryl methyl sites for hydroxylation is 1. The van der Waals surface area contributed by atoms with Gasteiger partial charge in [0.2, 0.25) is 6.10 Å². The normalized spacial score (nSPS) is 19.0. The van der Waals surface area contributed by atoms with Gasteiger partial charge in [-0.2, -0.15) is 5.26 Å². The summed E-state index contributed by atoms with van der Waals surface area (Å²) in [4.78, 5) is 23.5. The Morgan fingerprint density at radius 1 is 1.18 bits per heavy atom. The zero-order valence-electron chi connectivity index (χ0n) is 18.1. The fourth-order valence-corrected chi connectivity index (χ4v) is 4.36. The summed E-state index contributed by atoms with van der Waals surface area (Å²) in [7, 11) is 0. The number of hydrogen-bond acceptors (Lipinski definition) is 5. The third-order valence-corrected chi connectivity index (χ3v) is 6.30. The monoisotopic (exact) mass is 575 g/mol. The van der Waals surface area contributed by atoms with Crippen molar-refractivity contribution in [2.45, 2.75) is 32.8 Å². The van der Waals surface area contributed by atoms with Crippen molar-refractivity contribution in [3.63, 3.8) is 0 Å². The van der Waals surface area contributed by atoms with Crippen LogP contribution in [-0.4, -0.2) is 17.0 Å². The Kier molecular flexibility index (Phi) is 7.98. The van der Waals surface area contributed by atoms with Gasteiger partial charge in [0.25, 0.3) is 0 Å². The van der Waals surface area contributed by atoms with E-state index in [1.54, 1.807) is 36.4 Å². The third-order valence-electron chi connectivity index (χ3n) is 5.77. The van der Waals surface area contributed by atoms with Crippen molar-refractivity contribution in [2.75, 3.05) is 0 Å². The van der Waals surface area contributed by atoms with E-state index < -0.39 is 18.0 Å². The number of carboxylic acids is 1. The summed E-state index contributed by atoms with van der Waals surface area (Å²) in [6.45, 7) is 3.98. The summed E-state index contributed by atoms with van der Waals surface area (Å²) in [5.41, 5.74) is 1.18. The van der Waals surface area contributed by atoms with Gasteiger partial charge in [-0.1, -0.05) is 44.2 Å². The van der Waals surface area contributed by atoms with Crippen molar-refractivity contribution in [2.24, 2.45) is 17.3 Å². The third kappa shape index (κ3) is 6.46. The number of ether oxygens (including phenoxy) is 2. The van der Waals surface area contributed by atoms with Crippen molar-refractivity contribution in [1.82, 2.24) is 0 Å². The molecule has 0 spiro atoms. The second-order valence-electron chi connectivity index (χ2n) is 8.44. The molecule has 172 valence electrons. The van der Waals surface area contributed by atoms with Crippen molar-refractivity contribution < 1.29 is 24.2 Å². The van der Waals surface area contributed by atoms with Gasteiger partial charge in [-0.05, 0) is 79.4 Å². The summed E-state index contributed by atoms with van der Waals surface area (Å²) in [6.07, 6.45) is 1.39. The van der Waals surface area contributed by atoms with Crippen LogP contribution in [0.15, 0.2) is 58.0 Å². The van der Waals surface area contributed by atoms with Crippen molar-refractivity contribution in [3.05, 3.63) is 69.1 Å². The predicted octanol–water partition coefficient (Wildman–Crippen LogP) is 6.51. The van der Waals surface area contributed by atoms with Gasteiger partial charge in [-0.25, -0.2) is 0 Å². The van der Waals surface area contributed by atoms with Gasteiger partial charge in [-0.15, -0.1) is 0 Å². The number of halogens is 2. The Hall–Kier alpha value is -2.63. The Bertz CT molecular complexity index is 1100. The molecule has 1 fully saturated rings. The average Bonchev–Trinajstić information content (AvgIpc) is 3.30. The van der Waals surface area contributed by atoms with Gasteiger partial charge in [0.1, 0.15) is 17.6 Å². The number of nitriles is 1. The lowest BCUT2D eigenvalue weighted by molar-refractivity contribution is -0.149. The minimum atomic E-state index is -1.05. The number of rotatable bonds is 9. The molecule has 0 amide bonds. The van der Waals surface area contributed by atoms with Crippen LogP contribution in [0.1, 0.15) is 37.5 Å². The average molecular weight is 577 g/mol. The second-order valence-corrected chi connectivity index (χ2v) is 11.2. The van der Waals surface area contributed by atoms with Gasteiger partial charge in [0, 0.05) is 12.0 Å². The summed E-state index contributed by atoms with van der Waals surface area (Å²) < 4.78 is 12.2. The van der Waals surface area contributed by atoms with E-state index >= 15 is 0 Å². The number of carbonyl (C=O) groups excluding carboxylic acids is 1. The van der Waals surface area contributed by atoms with Crippen molar-refractivity contribution in [3.8, 4) is 17.6 Å². The molecule has 1 N–H and O–H groups in total. The van der Waals surface area contributed by atoms with E-state index in [0.717, 1.165) is 8.96 Å². The van der Waals surface area contributed by atoms with Gasteiger partial charge in [0.15, 0.2) is 0 Å². The Labute approximate surface area is 209 Å². The molecule has 6 nitrogen and oxygen atoms in total. The first-order valence-corrected chi connectivity index (χ1v) is 11.9. The molecule has 0 aromatic heterocycles. The molecule has 2 aromatic rings. The minimum Gasteiger partial charge on any atom is -0.481 e. The molecule has 0 bridgehead atoms. The van der Waals surface area contributed by atoms with Crippen LogP contribution >= 0.6 is 31.9 Å². The molecule has 8 heteroatoms. The molecule has 0 aliphatic heterocycles. The molecule has 1 aliphatic carbocycles. The number of aliphatic carboxylic acids is 1. The number of carboxylic acid groups (broad SMARTS) is 1. The van der Waals surface area contributed by atoms with Crippen LogP contribution in [0.5, 0.6) is 11.5 Å². The van der Waals surface area contributed by atoms with E-state index in [0.29, 0.717) is 23.5 Å². The molecule has 0 radical (unpaired) electrons. The topological polar surface area (TPSA) is 96.6 Å². The van der Waals surface area contributed by atoms with Crippen molar-refractivity contribution >= 4 is 43.8 Å². The SMILES string of the molecule is CC1(C)[C@H](C(=O)O[C@H](C#N)c2cccc(Oc3ccc(CCC(=O)O)cc3)c2)[C@@H]1C=C(Br)Br. The van der Waals surface area contributed by atoms with E-state index in [1.165, 1.54) is 0 Å². The number of esters is 1. The fourth-order valence-electron chi connectivity index (χ4n) is 3.79. The lowest BCUT2D eigenvalue weighted by Crippen LogP contribution is -2.14. The Morgan fingerprint density at radius 2 is 1.88 bits per heavy atom. The van der Waals surface area contributed by atoms with E-state index in [1.807, 2.05) is 32.1 Å². The second kappa shape index (κ2) is 10.5. The molecule has 0 saturated heterocycles. The van der Waals surface area contributed by atoms with Gasteiger partial charge >= 0.3 is 11.9 Å². The molecular weight excluding hydrogens is 554 g/mol. The molecule has 3 atom stereocenters. The number of allylic oxidation sites excluding steroid dienone is 1. The maximum absolute atomic E-state index is 12.8. The highest BCUT2D eigenvalue weighted by atomic mass is 79.9. The molecule has 0 heterocycles. The summed E-state index contributed by atoms with van der Waals surface area (Å²) in [6, 6.07) is 16.1. The summed E-state index contributed by atoms with van der Waals surface area (Å²) >= 11 is 6.67. The largest absolute Gasteiger partial charge is 0.481 e. The van der Waals surface area contributed by atoms with Gasteiger partial charge in [0.05, 0.1) is 9.31 Å². The minimum absolute atomic E-state index is 0.0197. The molecular formula is C25H23Br2NO5. The number of benzene rings is 2. The number of hydrogen-bond donors (Lipinski definition) is 1. The maximum Gasteiger partial charge on any atom is 0.311 e.